The van der Waals surface area contributed by atoms with Crippen molar-refractivity contribution in [2.45, 2.75) is 32.7 Å². The molecule has 0 N–H and O–H groups in total. The number of hydrogen-bond donors (Lipinski definition) is 0. The summed E-state index contributed by atoms with van der Waals surface area (Å²) in [4.78, 5) is 2.41. The number of likely N-dealkylation sites (N-methyl/N-ethyl adjacent to an activating group) is 1. The van der Waals surface area contributed by atoms with Crippen LogP contribution in [0.5, 0.6) is 0 Å². The molecule has 1 nitrogen and oxygen atoms in total. The summed E-state index contributed by atoms with van der Waals surface area (Å²) < 4.78 is 0. The van der Waals surface area contributed by atoms with Crippen molar-refractivity contribution >= 4 is 0 Å². The Morgan fingerprint density at radius 3 is 2.45 bits per heavy atom. The summed E-state index contributed by atoms with van der Waals surface area (Å²) in [5.74, 6) is 0.597. The van der Waals surface area contributed by atoms with Gasteiger partial charge >= 0.3 is 0 Å². The van der Waals surface area contributed by atoms with Crippen molar-refractivity contribution in [2.75, 3.05) is 13.6 Å². The van der Waals surface area contributed by atoms with Crippen LogP contribution in [0.3, 0.4) is 0 Å². The largest absolute Gasteiger partial charge is 0.302 e. The molecule has 0 fully saturated rings. The summed E-state index contributed by atoms with van der Waals surface area (Å²) in [7, 11) is 2.21. The van der Waals surface area contributed by atoms with Gasteiger partial charge in [0, 0.05) is 13.1 Å². The van der Waals surface area contributed by atoms with Crippen LogP contribution in [0.25, 0.3) is 11.1 Å². The van der Waals surface area contributed by atoms with Crippen LogP contribution >= 0.6 is 0 Å². The Kier molecular flexibility index (Phi) is 3.62. The third-order valence-electron chi connectivity index (χ3n) is 4.35. The molecule has 1 heteroatoms. The van der Waals surface area contributed by atoms with Crippen molar-refractivity contribution in [1.82, 2.24) is 4.90 Å². The molecule has 0 spiro atoms. The van der Waals surface area contributed by atoms with Crippen LogP contribution in [-0.2, 0) is 13.0 Å². The second-order valence-corrected chi connectivity index (χ2v) is 6.21. The number of nitrogens with zero attached hydrogens (tertiary/aromatic N) is 1. The number of fused-ring (bicyclic) bond motifs is 1. The molecule has 3 rings (SSSR count). The van der Waals surface area contributed by atoms with Crippen LogP contribution < -0.4 is 0 Å². The van der Waals surface area contributed by atoms with Crippen LogP contribution in [0.4, 0.5) is 0 Å². The molecule has 0 bridgehead atoms. The molecule has 1 aliphatic rings. The van der Waals surface area contributed by atoms with E-state index in [-0.39, 0.29) is 0 Å². The van der Waals surface area contributed by atoms with Gasteiger partial charge in [-0.05, 0) is 47.2 Å². The highest BCUT2D eigenvalue weighted by atomic mass is 15.1. The highest BCUT2D eigenvalue weighted by Gasteiger charge is 2.16. The summed E-state index contributed by atoms with van der Waals surface area (Å²) in [6.07, 6.45) is 1.17. The van der Waals surface area contributed by atoms with E-state index in [0.29, 0.717) is 5.92 Å². The van der Waals surface area contributed by atoms with E-state index < -0.39 is 0 Å². The molecule has 1 heterocycles. The minimum atomic E-state index is 0.597. The molecule has 0 aromatic heterocycles. The molecule has 1 aliphatic heterocycles. The van der Waals surface area contributed by atoms with Gasteiger partial charge in [-0.3, -0.25) is 0 Å². The van der Waals surface area contributed by atoms with E-state index in [0.717, 1.165) is 6.54 Å². The molecule has 0 saturated heterocycles. The monoisotopic (exact) mass is 265 g/mol. The Balaban J connectivity index is 2.02. The summed E-state index contributed by atoms with van der Waals surface area (Å²) in [5, 5.41) is 0. The lowest BCUT2D eigenvalue weighted by Gasteiger charge is -2.27. The molecule has 0 amide bonds. The molecule has 0 saturated carbocycles. The van der Waals surface area contributed by atoms with Gasteiger partial charge in [0.1, 0.15) is 0 Å². The fourth-order valence-corrected chi connectivity index (χ4v) is 3.03. The molecule has 2 aromatic carbocycles. The quantitative estimate of drug-likeness (QED) is 0.774. The van der Waals surface area contributed by atoms with Gasteiger partial charge in [0.25, 0.3) is 0 Å². The van der Waals surface area contributed by atoms with Gasteiger partial charge < -0.3 is 4.90 Å². The van der Waals surface area contributed by atoms with Crippen molar-refractivity contribution < 1.29 is 0 Å². The van der Waals surface area contributed by atoms with E-state index >= 15 is 0 Å². The lowest BCUT2D eigenvalue weighted by molar-refractivity contribution is 0.313. The maximum Gasteiger partial charge on any atom is 0.0239 e. The smallest absolute Gasteiger partial charge is 0.0239 e. The molecule has 104 valence electrons. The fourth-order valence-electron chi connectivity index (χ4n) is 3.03. The van der Waals surface area contributed by atoms with Gasteiger partial charge in [-0.25, -0.2) is 0 Å². The topological polar surface area (TPSA) is 3.24 Å². The Bertz CT molecular complexity index is 596. The Labute approximate surface area is 122 Å². The zero-order valence-electron chi connectivity index (χ0n) is 12.7. The van der Waals surface area contributed by atoms with Crippen LogP contribution in [0, 0.1) is 0 Å². The number of rotatable bonds is 2. The Morgan fingerprint density at radius 1 is 1.00 bits per heavy atom. The Hall–Kier alpha value is -1.60. The van der Waals surface area contributed by atoms with Gasteiger partial charge in [0.15, 0.2) is 0 Å². The second-order valence-electron chi connectivity index (χ2n) is 6.21. The van der Waals surface area contributed by atoms with Crippen molar-refractivity contribution in [1.29, 1.82) is 0 Å². The first kappa shape index (κ1) is 13.4. The summed E-state index contributed by atoms with van der Waals surface area (Å²) >= 11 is 0. The summed E-state index contributed by atoms with van der Waals surface area (Å²) in [5.41, 5.74) is 7.20. The maximum absolute atomic E-state index is 2.41. The minimum Gasteiger partial charge on any atom is -0.302 e. The first-order valence-corrected chi connectivity index (χ1v) is 7.55. The highest BCUT2D eigenvalue weighted by Crippen LogP contribution is 2.30. The van der Waals surface area contributed by atoms with Gasteiger partial charge in [-0.15, -0.1) is 0 Å². The molecule has 2 aromatic rings. The maximum atomic E-state index is 2.41. The first-order valence-electron chi connectivity index (χ1n) is 7.55. The number of benzene rings is 2. The van der Waals surface area contributed by atoms with E-state index in [1.54, 1.807) is 0 Å². The summed E-state index contributed by atoms with van der Waals surface area (Å²) in [6, 6.07) is 15.9. The van der Waals surface area contributed by atoms with E-state index in [1.807, 2.05) is 0 Å². The normalized spacial score (nSPS) is 15.4. The molecule has 0 atom stereocenters. The van der Waals surface area contributed by atoms with E-state index in [4.69, 9.17) is 0 Å². The average Bonchev–Trinajstić information content (AvgIpc) is 2.46. The van der Waals surface area contributed by atoms with Gasteiger partial charge in [0.2, 0.25) is 0 Å². The number of hydrogen-bond acceptors (Lipinski definition) is 1. The standard InChI is InChI=1S/C19H23N/c1-14(2)15-7-9-17(10-8-15)18-6-4-5-16-11-12-20(3)13-19(16)18/h4-10,14H,11-13H2,1-3H3. The predicted molar refractivity (Wildman–Crippen MR) is 86.0 cm³/mol. The van der Waals surface area contributed by atoms with Crippen molar-refractivity contribution in [3.05, 3.63) is 59.2 Å². The van der Waals surface area contributed by atoms with Crippen LogP contribution in [0.1, 0.15) is 36.5 Å². The average molecular weight is 265 g/mol. The molecule has 20 heavy (non-hydrogen) atoms. The van der Waals surface area contributed by atoms with Crippen molar-refractivity contribution in [3.8, 4) is 11.1 Å². The Morgan fingerprint density at radius 2 is 1.75 bits per heavy atom. The highest BCUT2D eigenvalue weighted by molar-refractivity contribution is 5.69. The molecular weight excluding hydrogens is 242 g/mol. The van der Waals surface area contributed by atoms with E-state index in [9.17, 15) is 0 Å². The molecule has 0 unspecified atom stereocenters. The van der Waals surface area contributed by atoms with Crippen molar-refractivity contribution in [3.63, 3.8) is 0 Å². The zero-order chi connectivity index (χ0) is 14.1. The van der Waals surface area contributed by atoms with E-state index in [2.05, 4.69) is 68.3 Å². The van der Waals surface area contributed by atoms with Gasteiger partial charge in [-0.1, -0.05) is 56.3 Å². The summed E-state index contributed by atoms with van der Waals surface area (Å²) in [6.45, 7) is 6.73. The molecule has 0 radical (unpaired) electrons. The van der Waals surface area contributed by atoms with Crippen LogP contribution in [-0.4, -0.2) is 18.5 Å². The fraction of sp³-hybridized carbons (Fsp3) is 0.368. The second kappa shape index (κ2) is 5.41. The lowest BCUT2D eigenvalue weighted by atomic mass is 9.90. The van der Waals surface area contributed by atoms with Crippen molar-refractivity contribution in [2.24, 2.45) is 0 Å². The van der Waals surface area contributed by atoms with Crippen LogP contribution in [0.2, 0.25) is 0 Å². The van der Waals surface area contributed by atoms with Crippen LogP contribution in [0.15, 0.2) is 42.5 Å². The van der Waals surface area contributed by atoms with Gasteiger partial charge in [0.05, 0.1) is 0 Å². The molecule has 0 aliphatic carbocycles. The first-order chi connectivity index (χ1) is 9.65. The van der Waals surface area contributed by atoms with E-state index in [1.165, 1.54) is 40.8 Å². The predicted octanol–water partition coefficient (Wildman–Crippen LogP) is 4.46. The third-order valence-corrected chi connectivity index (χ3v) is 4.35. The zero-order valence-corrected chi connectivity index (χ0v) is 12.7. The minimum absolute atomic E-state index is 0.597. The molecular formula is C19H23N. The third kappa shape index (κ3) is 2.51. The lowest BCUT2D eigenvalue weighted by Crippen LogP contribution is -2.26. The van der Waals surface area contributed by atoms with Gasteiger partial charge in [-0.2, -0.15) is 0 Å². The SMILES string of the molecule is CC(C)c1ccc(-c2cccc3c2CN(C)CC3)cc1.